The molecule has 0 saturated carbocycles. The van der Waals surface area contributed by atoms with Crippen LogP contribution in [0.4, 0.5) is 0 Å². The van der Waals surface area contributed by atoms with E-state index in [-0.39, 0.29) is 11.8 Å². The molecule has 53 heavy (non-hydrogen) atoms. The zero-order chi connectivity index (χ0) is 37.2. The van der Waals surface area contributed by atoms with Crippen molar-refractivity contribution in [3.63, 3.8) is 0 Å². The lowest BCUT2D eigenvalue weighted by molar-refractivity contribution is 0.0343. The highest BCUT2D eigenvalue weighted by atomic mass is 16.5. The average Bonchev–Trinajstić information content (AvgIpc) is 3.89. The van der Waals surface area contributed by atoms with Gasteiger partial charge in [-0.2, -0.15) is 20.2 Å². The Morgan fingerprint density at radius 1 is 0.736 bits per heavy atom. The number of fused-ring (bicyclic) bond motifs is 2. The number of hydrogen-bond acceptors (Lipinski definition) is 6. The van der Waals surface area contributed by atoms with E-state index in [2.05, 4.69) is 55.0 Å². The van der Waals surface area contributed by atoms with Crippen LogP contribution in [0.25, 0.3) is 22.1 Å². The Morgan fingerprint density at radius 3 is 1.85 bits per heavy atom. The van der Waals surface area contributed by atoms with Crippen LogP contribution in [0.15, 0.2) is 76.7 Å². The van der Waals surface area contributed by atoms with Crippen molar-refractivity contribution < 1.29 is 14.3 Å². The summed E-state index contributed by atoms with van der Waals surface area (Å²) in [7, 11) is 3.90. The number of carbonyl (C=O) groups is 2. The van der Waals surface area contributed by atoms with Gasteiger partial charge >= 0.3 is 0 Å². The molecule has 0 radical (unpaired) electrons. The number of nitrogens with zero attached hydrogens (tertiary/aromatic N) is 11. The summed E-state index contributed by atoms with van der Waals surface area (Å²) in [4.78, 5) is 39.0. The predicted octanol–water partition coefficient (Wildman–Crippen LogP) is 3.89. The summed E-state index contributed by atoms with van der Waals surface area (Å²) in [6.45, 7) is 13.7. The smallest absolute Gasteiger partial charge is 0.298 e. The number of carbonyl (C=O) groups excluding carboxylic acids is 2. The number of aromatic nitrogens is 8. The molecule has 0 spiro atoms. The van der Waals surface area contributed by atoms with E-state index in [1.165, 1.54) is 0 Å². The Bertz CT molecular complexity index is 2490. The first-order chi connectivity index (χ1) is 25.7. The molecule has 4 aromatic heterocycles. The van der Waals surface area contributed by atoms with Gasteiger partial charge in [-0.3, -0.25) is 23.9 Å². The monoisotopic (exact) mass is 717 g/mol. The first kappa shape index (κ1) is 35.8. The lowest BCUT2D eigenvalue weighted by Crippen LogP contribution is -2.35. The minimum absolute atomic E-state index is 0.340. The number of morpholine rings is 1. The summed E-state index contributed by atoms with van der Waals surface area (Å²) in [5.41, 5.74) is 8.65. The minimum atomic E-state index is -0.342. The molecule has 1 aliphatic rings. The van der Waals surface area contributed by atoms with E-state index in [9.17, 15) is 9.59 Å². The van der Waals surface area contributed by atoms with Crippen LogP contribution >= 0.6 is 0 Å². The molecular formula is C39H47N11O3. The van der Waals surface area contributed by atoms with Gasteiger partial charge in [-0.15, -0.1) is 0 Å². The number of imidazole rings is 2. The normalized spacial score (nSPS) is 14.8. The Kier molecular flexibility index (Phi) is 10.2. The fourth-order valence-corrected chi connectivity index (χ4v) is 7.28. The zero-order valence-electron chi connectivity index (χ0n) is 31.4. The maximum atomic E-state index is 13.8. The Morgan fingerprint density at radius 2 is 1.26 bits per heavy atom. The molecule has 0 atom stereocenters. The summed E-state index contributed by atoms with van der Waals surface area (Å²) < 4.78 is 17.1. The molecule has 1 aliphatic heterocycles. The molecule has 5 heterocycles. The third kappa shape index (κ3) is 6.99. The maximum absolute atomic E-state index is 13.8. The van der Waals surface area contributed by atoms with Crippen LogP contribution in [0, 0.1) is 13.8 Å². The number of ether oxygens (including phenoxy) is 1. The second kappa shape index (κ2) is 15.2. The number of para-hydroxylation sites is 3. The lowest BCUT2D eigenvalue weighted by atomic mass is 10.1. The lowest BCUT2D eigenvalue weighted by Gasteiger charge is -2.26. The minimum Gasteiger partial charge on any atom is -0.379 e. The van der Waals surface area contributed by atoms with E-state index < -0.39 is 0 Å². The molecule has 276 valence electrons. The van der Waals surface area contributed by atoms with Gasteiger partial charge in [0.05, 0.1) is 46.7 Å². The van der Waals surface area contributed by atoms with Crippen molar-refractivity contribution in [1.29, 1.82) is 0 Å². The zero-order valence-corrected chi connectivity index (χ0v) is 31.4. The van der Waals surface area contributed by atoms with Crippen LogP contribution in [-0.4, -0.2) is 80.8 Å². The van der Waals surface area contributed by atoms with Crippen LogP contribution in [0.3, 0.4) is 0 Å². The number of benzene rings is 2. The number of rotatable bonds is 10. The van der Waals surface area contributed by atoms with Crippen LogP contribution in [0.1, 0.15) is 51.8 Å². The molecule has 2 amide bonds. The molecule has 1 fully saturated rings. The molecule has 14 heteroatoms. The molecule has 14 nitrogen and oxygen atoms in total. The van der Waals surface area contributed by atoms with Crippen molar-refractivity contribution in [3.8, 4) is 0 Å². The van der Waals surface area contributed by atoms with Gasteiger partial charge in [0.1, 0.15) is 11.4 Å². The third-order valence-electron chi connectivity index (χ3n) is 9.83. The second-order valence-electron chi connectivity index (χ2n) is 13.4. The molecule has 0 N–H and O–H groups in total. The summed E-state index contributed by atoms with van der Waals surface area (Å²) in [5.74, 6) is -0.682. The van der Waals surface area contributed by atoms with Crippen LogP contribution in [0.5, 0.6) is 0 Å². The van der Waals surface area contributed by atoms with Gasteiger partial charge < -0.3 is 23.0 Å². The Labute approximate surface area is 307 Å². The number of aryl methyl sites for hydroxylation is 6. The number of allylic oxidation sites excluding steroid dienone is 2. The van der Waals surface area contributed by atoms with Gasteiger partial charge in [0.2, 0.25) is 11.2 Å². The van der Waals surface area contributed by atoms with Crippen molar-refractivity contribution >= 4 is 33.9 Å². The van der Waals surface area contributed by atoms with Gasteiger partial charge in [0.25, 0.3) is 11.8 Å². The maximum Gasteiger partial charge on any atom is 0.298 e. The van der Waals surface area contributed by atoms with Crippen molar-refractivity contribution in [2.45, 2.75) is 60.4 Å². The van der Waals surface area contributed by atoms with E-state index >= 15 is 0 Å². The average molecular weight is 718 g/mol. The van der Waals surface area contributed by atoms with Crippen LogP contribution in [-0.2, 0) is 51.6 Å². The quantitative estimate of drug-likeness (QED) is 0.198. The van der Waals surface area contributed by atoms with Gasteiger partial charge in [-0.1, -0.05) is 36.4 Å². The van der Waals surface area contributed by atoms with Gasteiger partial charge in [0, 0.05) is 59.9 Å². The molecule has 2 aromatic carbocycles. The fourth-order valence-electron chi connectivity index (χ4n) is 7.28. The van der Waals surface area contributed by atoms with Gasteiger partial charge in [0.15, 0.2) is 0 Å². The van der Waals surface area contributed by atoms with Crippen molar-refractivity contribution in [3.05, 3.63) is 106 Å². The van der Waals surface area contributed by atoms with Crippen LogP contribution in [0.2, 0.25) is 0 Å². The highest BCUT2D eigenvalue weighted by molar-refractivity contribution is 5.94. The molecular weight excluding hydrogens is 671 g/mol. The fraction of sp³-hybridized carbons (Fsp3) is 0.385. The Hall–Kier alpha value is -5.60. The topological polar surface area (TPSA) is 127 Å². The van der Waals surface area contributed by atoms with E-state index in [4.69, 9.17) is 9.73 Å². The second-order valence-corrected chi connectivity index (χ2v) is 13.4. The first-order valence-electron chi connectivity index (χ1n) is 18.2. The highest BCUT2D eigenvalue weighted by Gasteiger charge is 2.20. The van der Waals surface area contributed by atoms with E-state index in [1.807, 2.05) is 79.8 Å². The van der Waals surface area contributed by atoms with Gasteiger partial charge in [-0.25, -0.2) is 0 Å². The summed E-state index contributed by atoms with van der Waals surface area (Å²) in [6.07, 6.45) is 4.15. The largest absolute Gasteiger partial charge is 0.379 e. The number of amides is 2. The predicted molar refractivity (Wildman–Crippen MR) is 202 cm³/mol. The molecule has 7 rings (SSSR count). The van der Waals surface area contributed by atoms with Crippen molar-refractivity contribution in [1.82, 2.24) is 42.7 Å². The molecule has 1 saturated heterocycles. The molecule has 0 unspecified atom stereocenters. The summed E-state index contributed by atoms with van der Waals surface area (Å²) >= 11 is 0. The number of hydrogen-bond donors (Lipinski definition) is 0. The highest BCUT2D eigenvalue weighted by Crippen LogP contribution is 2.21. The van der Waals surface area contributed by atoms with Crippen LogP contribution < -0.4 is 11.2 Å². The molecule has 0 aliphatic carbocycles. The Balaban J connectivity index is 1.28. The van der Waals surface area contributed by atoms with E-state index in [1.54, 1.807) is 21.5 Å². The SMILES string of the molecule is CCn1nc(C)cc1C(=O)N=c1n(C)c2ccccc2n1C/C=C/Cn1c(=NC(=O)c2cc(C)nn2CC)n(C)c2c(CN3CCOCC3)cccc21. The standard InChI is InChI=1S/C39H47N11O3/c1-7-49-33(24-27(3)42-49)36(51)40-38-44(5)30-15-9-10-16-31(30)47(38)18-11-12-19-48-32-17-13-14-29(26-46-20-22-53-23-21-46)35(32)45(6)39(48)41-37(52)34-25-28(4)43-50(34)8-2/h9-17,24-25H,7-8,18-23,26H2,1-6H3/b12-11+,40-38?,41-39?. The van der Waals surface area contributed by atoms with E-state index in [0.29, 0.717) is 62.0 Å². The summed E-state index contributed by atoms with van der Waals surface area (Å²) in [6, 6.07) is 17.9. The summed E-state index contributed by atoms with van der Waals surface area (Å²) in [5, 5.41) is 8.93. The van der Waals surface area contributed by atoms with Crippen molar-refractivity contribution in [2.24, 2.45) is 24.1 Å². The molecule has 6 aromatic rings. The third-order valence-corrected chi connectivity index (χ3v) is 9.83. The van der Waals surface area contributed by atoms with Gasteiger partial charge in [-0.05, 0) is 63.6 Å². The molecule has 0 bridgehead atoms. The first-order valence-corrected chi connectivity index (χ1v) is 18.2. The van der Waals surface area contributed by atoms with Crippen molar-refractivity contribution in [2.75, 3.05) is 26.3 Å². The van der Waals surface area contributed by atoms with E-state index in [0.717, 1.165) is 58.7 Å².